The number of hydrogen-bond acceptors (Lipinski definition) is 4. The molecule has 0 bridgehead atoms. The summed E-state index contributed by atoms with van der Waals surface area (Å²) >= 11 is 12.4. The fourth-order valence-electron chi connectivity index (χ4n) is 3.85. The summed E-state index contributed by atoms with van der Waals surface area (Å²) in [5, 5.41) is 6.51. The zero-order valence-corrected chi connectivity index (χ0v) is 19.2. The fraction of sp³-hybridized carbons (Fsp3) is 0.476. The van der Waals surface area contributed by atoms with Gasteiger partial charge in [-0.2, -0.15) is 0 Å². The van der Waals surface area contributed by atoms with E-state index in [2.05, 4.69) is 10.6 Å². The molecule has 2 atom stereocenters. The van der Waals surface area contributed by atoms with Gasteiger partial charge in [-0.25, -0.2) is 4.79 Å². The number of halogens is 2. The molecule has 2 heterocycles. The van der Waals surface area contributed by atoms with E-state index < -0.39 is 12.1 Å². The molecule has 2 N–H and O–H groups in total. The maximum atomic E-state index is 13.4. The van der Waals surface area contributed by atoms with Gasteiger partial charge in [-0.15, -0.1) is 0 Å². The Kier molecular flexibility index (Phi) is 7.46. The number of nitrogens with one attached hydrogen (secondary N) is 2. The van der Waals surface area contributed by atoms with Crippen molar-refractivity contribution in [2.24, 2.45) is 0 Å². The molecule has 1 aromatic rings. The minimum atomic E-state index is -0.718. The van der Waals surface area contributed by atoms with E-state index in [1.54, 1.807) is 32.2 Å². The van der Waals surface area contributed by atoms with Gasteiger partial charge < -0.3 is 20.3 Å². The van der Waals surface area contributed by atoms with Crippen molar-refractivity contribution in [1.29, 1.82) is 0 Å². The third-order valence-electron chi connectivity index (χ3n) is 5.51. The molecule has 1 aromatic carbocycles. The van der Waals surface area contributed by atoms with Crippen molar-refractivity contribution in [3.05, 3.63) is 45.1 Å². The highest BCUT2D eigenvalue weighted by molar-refractivity contribution is 6.35. The zero-order chi connectivity index (χ0) is 22.7. The van der Waals surface area contributed by atoms with Crippen LogP contribution in [0.1, 0.15) is 31.9 Å². The lowest BCUT2D eigenvalue weighted by molar-refractivity contribution is -0.135. The lowest BCUT2D eigenvalue weighted by atomic mass is 9.95. The number of carbonyl (C=O) groups excluding carboxylic acids is 3. The molecule has 0 saturated carbocycles. The van der Waals surface area contributed by atoms with Gasteiger partial charge in [0.05, 0.1) is 23.9 Å². The van der Waals surface area contributed by atoms with Crippen molar-refractivity contribution >= 4 is 41.0 Å². The first-order chi connectivity index (χ1) is 14.8. The minimum Gasteiger partial charge on any atom is -0.385 e. The number of urea groups is 1. The molecular weight excluding hydrogens is 443 g/mol. The fourth-order valence-corrected chi connectivity index (χ4v) is 4.36. The van der Waals surface area contributed by atoms with Gasteiger partial charge in [-0.05, 0) is 38.0 Å². The number of methoxy groups -OCH3 is 1. The van der Waals surface area contributed by atoms with E-state index in [9.17, 15) is 14.4 Å². The summed E-state index contributed by atoms with van der Waals surface area (Å²) in [7, 11) is 1.60. The van der Waals surface area contributed by atoms with Crippen LogP contribution >= 0.6 is 23.2 Å². The monoisotopic (exact) mass is 468 g/mol. The van der Waals surface area contributed by atoms with Crippen molar-refractivity contribution < 1.29 is 19.1 Å². The van der Waals surface area contributed by atoms with Crippen molar-refractivity contribution in [1.82, 2.24) is 20.4 Å². The predicted molar refractivity (Wildman–Crippen MR) is 118 cm³/mol. The summed E-state index contributed by atoms with van der Waals surface area (Å²) in [5.74, 6) is -0.559. The number of likely N-dealkylation sites (N-methyl/N-ethyl adjacent to an activating group) is 1. The molecule has 0 aliphatic carbocycles. The summed E-state index contributed by atoms with van der Waals surface area (Å²) in [6.45, 7) is 5.07. The van der Waals surface area contributed by atoms with Crippen molar-refractivity contribution in [3.8, 4) is 0 Å². The quantitative estimate of drug-likeness (QED) is 0.573. The molecule has 0 fully saturated rings. The van der Waals surface area contributed by atoms with Gasteiger partial charge >= 0.3 is 6.03 Å². The molecule has 4 amide bonds. The Bertz CT molecular complexity index is 921. The van der Waals surface area contributed by atoms with Gasteiger partial charge in [0.2, 0.25) is 5.91 Å². The van der Waals surface area contributed by atoms with Crippen LogP contribution in [0.4, 0.5) is 4.79 Å². The lowest BCUT2D eigenvalue weighted by Crippen LogP contribution is -2.47. The maximum absolute atomic E-state index is 13.4. The Hall–Kier alpha value is -2.29. The van der Waals surface area contributed by atoms with Gasteiger partial charge in [0.15, 0.2) is 0 Å². The van der Waals surface area contributed by atoms with E-state index in [0.717, 1.165) is 0 Å². The number of nitrogens with zero attached hydrogens (tertiary/aromatic N) is 2. The predicted octanol–water partition coefficient (Wildman–Crippen LogP) is 2.72. The van der Waals surface area contributed by atoms with Gasteiger partial charge in [-0.3, -0.25) is 14.5 Å². The molecule has 2 aliphatic rings. The lowest BCUT2D eigenvalue weighted by Gasteiger charge is -2.33. The highest BCUT2D eigenvalue weighted by Crippen LogP contribution is 2.39. The molecule has 0 radical (unpaired) electrons. The molecule has 2 unspecified atom stereocenters. The van der Waals surface area contributed by atoms with Gasteiger partial charge in [0.25, 0.3) is 5.91 Å². The normalized spacial score (nSPS) is 19.5. The van der Waals surface area contributed by atoms with Crippen LogP contribution in [0.3, 0.4) is 0 Å². The number of rotatable bonds is 8. The summed E-state index contributed by atoms with van der Waals surface area (Å²) in [6, 6.07) is 3.20. The van der Waals surface area contributed by atoms with Crippen LogP contribution < -0.4 is 10.6 Å². The SMILES string of the molecule is CCN1C(=O)NC(c2ccc(Cl)cc2Cl)C2=C1CN(C(C)C(=O)NCCCOC)C2=O. The minimum absolute atomic E-state index is 0.170. The van der Waals surface area contributed by atoms with Crippen LogP contribution in [0.25, 0.3) is 0 Å². The molecule has 31 heavy (non-hydrogen) atoms. The van der Waals surface area contributed by atoms with E-state index in [1.807, 2.05) is 6.92 Å². The van der Waals surface area contributed by atoms with E-state index in [4.69, 9.17) is 27.9 Å². The van der Waals surface area contributed by atoms with Gasteiger partial charge in [0, 0.05) is 36.9 Å². The second kappa shape index (κ2) is 9.89. The Labute approximate surface area is 191 Å². The summed E-state index contributed by atoms with van der Waals surface area (Å²) in [4.78, 5) is 41.8. The third-order valence-corrected chi connectivity index (χ3v) is 6.07. The maximum Gasteiger partial charge on any atom is 0.322 e. The molecule has 2 aliphatic heterocycles. The summed E-state index contributed by atoms with van der Waals surface area (Å²) in [6.07, 6.45) is 0.677. The summed E-state index contributed by atoms with van der Waals surface area (Å²) < 4.78 is 4.98. The average Bonchev–Trinajstić information content (AvgIpc) is 3.07. The van der Waals surface area contributed by atoms with Crippen molar-refractivity contribution in [2.45, 2.75) is 32.4 Å². The number of amides is 4. The molecule has 0 saturated heterocycles. The highest BCUT2D eigenvalue weighted by atomic mass is 35.5. The van der Waals surface area contributed by atoms with E-state index in [-0.39, 0.29) is 24.4 Å². The topological polar surface area (TPSA) is 91.0 Å². The number of benzene rings is 1. The molecule has 8 nitrogen and oxygen atoms in total. The Morgan fingerprint density at radius 3 is 2.74 bits per heavy atom. The standard InChI is InChI=1S/C21H26Cl2N4O4/c1-4-26-16-11-27(12(2)19(28)24-8-5-9-31-3)20(29)17(16)18(25-21(26)30)14-7-6-13(22)10-15(14)23/h6-7,10,12,18H,4-5,8-9,11H2,1-3H3,(H,24,28)(H,25,30). The first-order valence-corrected chi connectivity index (χ1v) is 10.9. The molecule has 0 aromatic heterocycles. The van der Waals surface area contributed by atoms with Crippen LogP contribution in [0.15, 0.2) is 29.5 Å². The van der Waals surface area contributed by atoms with E-state index >= 15 is 0 Å². The molecular formula is C21H26Cl2N4O4. The Morgan fingerprint density at radius 2 is 2.10 bits per heavy atom. The molecule has 3 rings (SSSR count). The van der Waals surface area contributed by atoms with Gasteiger partial charge in [0.1, 0.15) is 6.04 Å². The van der Waals surface area contributed by atoms with Gasteiger partial charge in [-0.1, -0.05) is 29.3 Å². The van der Waals surface area contributed by atoms with E-state index in [0.29, 0.717) is 53.0 Å². The van der Waals surface area contributed by atoms with Crippen LogP contribution in [-0.2, 0) is 14.3 Å². The van der Waals surface area contributed by atoms with Crippen LogP contribution in [0.5, 0.6) is 0 Å². The van der Waals surface area contributed by atoms with Crippen molar-refractivity contribution in [3.63, 3.8) is 0 Å². The molecule has 10 heteroatoms. The number of carbonyl (C=O) groups is 3. The first kappa shape index (κ1) is 23.4. The highest BCUT2D eigenvalue weighted by Gasteiger charge is 2.46. The molecule has 0 spiro atoms. The average molecular weight is 469 g/mol. The largest absolute Gasteiger partial charge is 0.385 e. The Morgan fingerprint density at radius 1 is 1.35 bits per heavy atom. The van der Waals surface area contributed by atoms with E-state index in [1.165, 1.54) is 9.80 Å². The van der Waals surface area contributed by atoms with Crippen LogP contribution in [0.2, 0.25) is 10.0 Å². The second-order valence-electron chi connectivity index (χ2n) is 7.40. The number of hydrogen-bond donors (Lipinski definition) is 2. The third kappa shape index (κ3) is 4.66. The Balaban J connectivity index is 1.88. The smallest absolute Gasteiger partial charge is 0.322 e. The van der Waals surface area contributed by atoms with Crippen LogP contribution in [-0.4, -0.2) is 67.0 Å². The number of ether oxygens (including phenoxy) is 1. The summed E-state index contributed by atoms with van der Waals surface area (Å²) in [5.41, 5.74) is 1.59. The second-order valence-corrected chi connectivity index (χ2v) is 8.24. The van der Waals surface area contributed by atoms with Crippen LogP contribution in [0, 0.1) is 0 Å². The first-order valence-electron chi connectivity index (χ1n) is 10.1. The zero-order valence-electron chi connectivity index (χ0n) is 17.7. The van der Waals surface area contributed by atoms with Crippen molar-refractivity contribution in [2.75, 3.05) is 33.4 Å². The molecule has 168 valence electrons.